The number of nitrogens with zero attached hydrogens (tertiary/aromatic N) is 2. The summed E-state index contributed by atoms with van der Waals surface area (Å²) in [6.07, 6.45) is 0.0933. The van der Waals surface area contributed by atoms with Crippen molar-refractivity contribution in [1.29, 1.82) is 0 Å². The summed E-state index contributed by atoms with van der Waals surface area (Å²) < 4.78 is 0. The van der Waals surface area contributed by atoms with Crippen molar-refractivity contribution < 1.29 is 9.90 Å². The molecule has 2 aromatic rings. The minimum Gasteiger partial charge on any atom is -0.481 e. The van der Waals surface area contributed by atoms with E-state index in [1.165, 1.54) is 11.3 Å². The molecule has 5 heteroatoms. The van der Waals surface area contributed by atoms with Crippen LogP contribution in [0.25, 0.3) is 0 Å². The summed E-state index contributed by atoms with van der Waals surface area (Å²) in [5.74, 6) is -0.783. The molecule has 1 heterocycles. The second-order valence-corrected chi connectivity index (χ2v) is 5.99. The lowest BCUT2D eigenvalue weighted by Gasteiger charge is -2.36. The van der Waals surface area contributed by atoms with E-state index >= 15 is 0 Å². The third-order valence-corrected chi connectivity index (χ3v) is 4.28. The fourth-order valence-corrected chi connectivity index (χ4v) is 3.00. The Morgan fingerprint density at radius 3 is 2.04 bits per heavy atom. The fourth-order valence-electron chi connectivity index (χ4n) is 3.00. The maximum atomic E-state index is 10.7. The Morgan fingerprint density at radius 1 is 0.875 bits per heavy atom. The average Bonchev–Trinajstić information content (AvgIpc) is 2.58. The van der Waals surface area contributed by atoms with Crippen LogP contribution in [-0.2, 0) is 17.8 Å². The van der Waals surface area contributed by atoms with Crippen molar-refractivity contribution in [3.8, 4) is 0 Å². The highest BCUT2D eigenvalue weighted by atomic mass is 35.5. The van der Waals surface area contributed by atoms with E-state index < -0.39 is 5.97 Å². The summed E-state index contributed by atoms with van der Waals surface area (Å²) in [6, 6.07) is 18.5. The molecule has 0 bridgehead atoms. The first-order valence-electron chi connectivity index (χ1n) is 8.03. The number of para-hydroxylation sites is 1. The molecule has 2 aromatic carbocycles. The quantitative estimate of drug-likeness (QED) is 0.903. The Balaban J connectivity index is 0.00000208. The van der Waals surface area contributed by atoms with E-state index in [2.05, 4.69) is 34.1 Å². The first-order chi connectivity index (χ1) is 11.2. The zero-order valence-electron chi connectivity index (χ0n) is 13.6. The van der Waals surface area contributed by atoms with E-state index in [1.807, 2.05) is 30.3 Å². The number of carboxylic acid groups (broad SMARTS) is 1. The first kappa shape index (κ1) is 18.3. The molecule has 1 fully saturated rings. The topological polar surface area (TPSA) is 43.8 Å². The van der Waals surface area contributed by atoms with Crippen LogP contribution >= 0.6 is 12.4 Å². The lowest BCUT2D eigenvalue weighted by molar-refractivity contribution is -0.136. The monoisotopic (exact) mass is 346 g/mol. The van der Waals surface area contributed by atoms with Gasteiger partial charge in [-0.25, -0.2) is 0 Å². The van der Waals surface area contributed by atoms with Crippen LogP contribution < -0.4 is 4.90 Å². The standard InChI is InChI=1S/C19H22N2O2.ClH/c22-19(23)14-16-6-8-17(9-7-16)15-20-10-12-21(13-11-20)18-4-2-1-3-5-18;/h1-9H,10-15H2,(H,22,23);1H. The van der Waals surface area contributed by atoms with Gasteiger partial charge >= 0.3 is 5.97 Å². The predicted molar refractivity (Wildman–Crippen MR) is 99.0 cm³/mol. The number of halogens is 1. The summed E-state index contributed by atoms with van der Waals surface area (Å²) >= 11 is 0. The molecule has 24 heavy (non-hydrogen) atoms. The Labute approximate surface area is 149 Å². The van der Waals surface area contributed by atoms with Gasteiger partial charge in [-0.15, -0.1) is 12.4 Å². The molecule has 1 aliphatic heterocycles. The SMILES string of the molecule is Cl.O=C(O)Cc1ccc(CN2CCN(c3ccccc3)CC2)cc1. The van der Waals surface area contributed by atoms with Crippen LogP contribution in [0.5, 0.6) is 0 Å². The number of carboxylic acids is 1. The van der Waals surface area contributed by atoms with Crippen molar-refractivity contribution in [3.63, 3.8) is 0 Å². The van der Waals surface area contributed by atoms with Gasteiger partial charge in [0.2, 0.25) is 0 Å². The largest absolute Gasteiger partial charge is 0.481 e. The van der Waals surface area contributed by atoms with Crippen LogP contribution in [0, 0.1) is 0 Å². The molecule has 0 radical (unpaired) electrons. The Kier molecular flexibility index (Phi) is 6.64. The minimum atomic E-state index is -0.783. The van der Waals surface area contributed by atoms with E-state index in [1.54, 1.807) is 0 Å². The van der Waals surface area contributed by atoms with Gasteiger partial charge in [0.1, 0.15) is 0 Å². The number of hydrogen-bond acceptors (Lipinski definition) is 3. The van der Waals surface area contributed by atoms with Gasteiger partial charge in [0.15, 0.2) is 0 Å². The summed E-state index contributed by atoms with van der Waals surface area (Å²) in [7, 11) is 0. The van der Waals surface area contributed by atoms with Crippen molar-refractivity contribution in [3.05, 3.63) is 65.7 Å². The zero-order valence-corrected chi connectivity index (χ0v) is 14.4. The van der Waals surface area contributed by atoms with Gasteiger partial charge in [0, 0.05) is 38.4 Å². The number of rotatable bonds is 5. The maximum Gasteiger partial charge on any atom is 0.307 e. The smallest absolute Gasteiger partial charge is 0.307 e. The number of benzene rings is 2. The molecule has 128 valence electrons. The van der Waals surface area contributed by atoms with Gasteiger partial charge in [0.25, 0.3) is 0 Å². The maximum absolute atomic E-state index is 10.7. The van der Waals surface area contributed by atoms with Gasteiger partial charge in [-0.1, -0.05) is 42.5 Å². The van der Waals surface area contributed by atoms with Gasteiger partial charge < -0.3 is 10.0 Å². The first-order valence-corrected chi connectivity index (χ1v) is 8.03. The molecule has 3 rings (SSSR count). The van der Waals surface area contributed by atoms with E-state index in [0.29, 0.717) is 0 Å². The van der Waals surface area contributed by atoms with Crippen LogP contribution in [-0.4, -0.2) is 42.2 Å². The zero-order chi connectivity index (χ0) is 16.1. The van der Waals surface area contributed by atoms with Crippen molar-refractivity contribution in [2.75, 3.05) is 31.1 Å². The van der Waals surface area contributed by atoms with E-state index in [4.69, 9.17) is 5.11 Å². The number of aliphatic carboxylic acids is 1. The molecular weight excluding hydrogens is 324 g/mol. The van der Waals surface area contributed by atoms with Crippen LogP contribution in [0.15, 0.2) is 54.6 Å². The van der Waals surface area contributed by atoms with Crippen molar-refractivity contribution in [2.24, 2.45) is 0 Å². The van der Waals surface area contributed by atoms with Crippen molar-refractivity contribution >= 4 is 24.1 Å². The summed E-state index contributed by atoms with van der Waals surface area (Å²) in [4.78, 5) is 15.6. The Hall–Kier alpha value is -2.04. The minimum absolute atomic E-state index is 0. The molecule has 1 aliphatic rings. The van der Waals surface area contributed by atoms with Crippen molar-refractivity contribution in [1.82, 2.24) is 4.90 Å². The van der Waals surface area contributed by atoms with Gasteiger partial charge in [-0.2, -0.15) is 0 Å². The van der Waals surface area contributed by atoms with Crippen molar-refractivity contribution in [2.45, 2.75) is 13.0 Å². The summed E-state index contributed by atoms with van der Waals surface area (Å²) in [5, 5.41) is 8.80. The molecule has 0 unspecified atom stereocenters. The van der Waals surface area contributed by atoms with Gasteiger partial charge in [-0.3, -0.25) is 9.69 Å². The van der Waals surface area contributed by atoms with E-state index in [-0.39, 0.29) is 18.8 Å². The number of anilines is 1. The normalized spacial score (nSPS) is 14.9. The highest BCUT2D eigenvalue weighted by molar-refractivity contribution is 5.85. The van der Waals surface area contributed by atoms with Crippen LogP contribution in [0.1, 0.15) is 11.1 Å². The third kappa shape index (κ3) is 4.98. The highest BCUT2D eigenvalue weighted by Gasteiger charge is 2.17. The number of piperazine rings is 1. The summed E-state index contributed by atoms with van der Waals surface area (Å²) in [6.45, 7) is 5.11. The molecule has 0 spiro atoms. The molecule has 0 aromatic heterocycles. The molecule has 1 N–H and O–H groups in total. The van der Waals surface area contributed by atoms with Crippen LogP contribution in [0.3, 0.4) is 0 Å². The lowest BCUT2D eigenvalue weighted by Crippen LogP contribution is -2.45. The Bertz CT molecular complexity index is 638. The summed E-state index contributed by atoms with van der Waals surface area (Å²) in [5.41, 5.74) is 3.40. The average molecular weight is 347 g/mol. The van der Waals surface area contributed by atoms with E-state index in [0.717, 1.165) is 38.3 Å². The Morgan fingerprint density at radius 2 is 1.46 bits per heavy atom. The second kappa shape index (κ2) is 8.71. The number of hydrogen-bond donors (Lipinski definition) is 1. The number of carbonyl (C=O) groups is 1. The van der Waals surface area contributed by atoms with E-state index in [9.17, 15) is 4.79 Å². The highest BCUT2D eigenvalue weighted by Crippen LogP contribution is 2.17. The molecule has 1 saturated heterocycles. The molecule has 0 amide bonds. The van der Waals surface area contributed by atoms with Gasteiger partial charge in [0.05, 0.1) is 6.42 Å². The molecule has 0 saturated carbocycles. The van der Waals surface area contributed by atoms with Gasteiger partial charge in [-0.05, 0) is 23.3 Å². The molecular formula is C19H23ClN2O2. The predicted octanol–water partition coefficient (Wildman–Crippen LogP) is 3.06. The molecule has 0 atom stereocenters. The molecule has 0 aliphatic carbocycles. The fraction of sp³-hybridized carbons (Fsp3) is 0.316. The third-order valence-electron chi connectivity index (χ3n) is 4.28. The van der Waals surface area contributed by atoms with Crippen LogP contribution in [0.2, 0.25) is 0 Å². The molecule has 4 nitrogen and oxygen atoms in total. The van der Waals surface area contributed by atoms with Crippen LogP contribution in [0.4, 0.5) is 5.69 Å². The lowest BCUT2D eigenvalue weighted by atomic mass is 10.1. The second-order valence-electron chi connectivity index (χ2n) is 5.99.